The standard InChI is InChI=1S/C22H29N5O3/c1-15-3-4-16(2)19(13-15)27-21(29)8-7-18(24-27)22(30)26-11-9-25(10-12-26)14-20(28)23-17-5-6-17/h3-4,13,17H,5-12,14H2,1-2H3,(H,23,28). The maximum absolute atomic E-state index is 13.0. The lowest BCUT2D eigenvalue weighted by Gasteiger charge is -2.35. The first-order valence-corrected chi connectivity index (χ1v) is 10.7. The van der Waals surface area contributed by atoms with E-state index in [9.17, 15) is 14.4 Å². The fraction of sp³-hybridized carbons (Fsp3) is 0.545. The molecule has 4 rings (SSSR count). The average Bonchev–Trinajstić information content (AvgIpc) is 3.54. The van der Waals surface area contributed by atoms with E-state index in [2.05, 4.69) is 15.3 Å². The molecule has 30 heavy (non-hydrogen) atoms. The van der Waals surface area contributed by atoms with Gasteiger partial charge in [0.2, 0.25) is 11.8 Å². The first-order chi connectivity index (χ1) is 14.4. The zero-order valence-electron chi connectivity index (χ0n) is 17.7. The maximum atomic E-state index is 13.0. The highest BCUT2D eigenvalue weighted by molar-refractivity contribution is 6.40. The fourth-order valence-electron chi connectivity index (χ4n) is 3.84. The summed E-state index contributed by atoms with van der Waals surface area (Å²) in [6, 6.07) is 6.25. The van der Waals surface area contributed by atoms with Gasteiger partial charge in [0.15, 0.2) is 0 Å². The van der Waals surface area contributed by atoms with E-state index in [0.717, 1.165) is 29.7 Å². The Morgan fingerprint density at radius 2 is 1.83 bits per heavy atom. The molecular weight excluding hydrogens is 382 g/mol. The van der Waals surface area contributed by atoms with Gasteiger partial charge >= 0.3 is 0 Å². The predicted octanol–water partition coefficient (Wildman–Crippen LogP) is 1.21. The molecule has 0 bridgehead atoms. The van der Waals surface area contributed by atoms with Crippen LogP contribution in [-0.4, -0.2) is 72.0 Å². The third-order valence-corrected chi connectivity index (χ3v) is 5.84. The van der Waals surface area contributed by atoms with Crippen LogP contribution in [0.4, 0.5) is 5.69 Å². The first-order valence-electron chi connectivity index (χ1n) is 10.7. The summed E-state index contributed by atoms with van der Waals surface area (Å²) in [5, 5.41) is 8.84. The van der Waals surface area contributed by atoms with Crippen LogP contribution in [0.25, 0.3) is 0 Å². The molecule has 0 atom stereocenters. The molecule has 1 aromatic carbocycles. The number of piperazine rings is 1. The average molecular weight is 412 g/mol. The number of carbonyl (C=O) groups excluding carboxylic acids is 3. The Morgan fingerprint density at radius 3 is 2.53 bits per heavy atom. The monoisotopic (exact) mass is 411 g/mol. The van der Waals surface area contributed by atoms with Crippen molar-refractivity contribution in [2.75, 3.05) is 37.7 Å². The van der Waals surface area contributed by atoms with Gasteiger partial charge in [0.05, 0.1) is 12.2 Å². The van der Waals surface area contributed by atoms with Gasteiger partial charge in [-0.3, -0.25) is 19.3 Å². The molecule has 1 saturated heterocycles. The van der Waals surface area contributed by atoms with Crippen molar-refractivity contribution in [2.24, 2.45) is 5.10 Å². The molecule has 8 nitrogen and oxygen atoms in total. The van der Waals surface area contributed by atoms with E-state index < -0.39 is 0 Å². The van der Waals surface area contributed by atoms with Gasteiger partial charge in [-0.25, -0.2) is 5.01 Å². The SMILES string of the molecule is Cc1ccc(C)c(N2N=C(C(=O)N3CCN(CC(=O)NC4CC4)CC3)CCC2=O)c1. The summed E-state index contributed by atoms with van der Waals surface area (Å²) in [7, 11) is 0. The topological polar surface area (TPSA) is 85.3 Å². The van der Waals surface area contributed by atoms with Crippen molar-refractivity contribution in [3.63, 3.8) is 0 Å². The van der Waals surface area contributed by atoms with Crippen molar-refractivity contribution in [2.45, 2.75) is 45.6 Å². The van der Waals surface area contributed by atoms with Crippen LogP contribution in [0, 0.1) is 13.8 Å². The quantitative estimate of drug-likeness (QED) is 0.789. The summed E-state index contributed by atoms with van der Waals surface area (Å²) in [4.78, 5) is 41.4. The highest BCUT2D eigenvalue weighted by Gasteiger charge is 2.31. The van der Waals surface area contributed by atoms with Crippen LogP contribution in [-0.2, 0) is 14.4 Å². The zero-order valence-corrected chi connectivity index (χ0v) is 17.7. The van der Waals surface area contributed by atoms with Crippen molar-refractivity contribution in [1.82, 2.24) is 15.1 Å². The smallest absolute Gasteiger partial charge is 0.270 e. The highest BCUT2D eigenvalue weighted by atomic mass is 16.2. The van der Waals surface area contributed by atoms with Gasteiger partial charge in [0.25, 0.3) is 5.91 Å². The minimum Gasteiger partial charge on any atom is -0.352 e. The van der Waals surface area contributed by atoms with Gasteiger partial charge in [-0.05, 0) is 43.9 Å². The maximum Gasteiger partial charge on any atom is 0.270 e. The Labute approximate surface area is 176 Å². The molecule has 0 unspecified atom stereocenters. The number of nitrogens with one attached hydrogen (secondary N) is 1. The van der Waals surface area contributed by atoms with Crippen LogP contribution < -0.4 is 10.3 Å². The van der Waals surface area contributed by atoms with E-state index in [1.54, 1.807) is 4.90 Å². The number of nitrogens with zero attached hydrogens (tertiary/aromatic N) is 4. The number of amides is 3. The van der Waals surface area contributed by atoms with Crippen molar-refractivity contribution >= 4 is 29.1 Å². The second-order valence-electron chi connectivity index (χ2n) is 8.45. The summed E-state index contributed by atoms with van der Waals surface area (Å²) in [5.41, 5.74) is 3.15. The second kappa shape index (κ2) is 8.55. The lowest BCUT2D eigenvalue weighted by Crippen LogP contribution is -2.53. The van der Waals surface area contributed by atoms with Gasteiger partial charge in [-0.1, -0.05) is 12.1 Å². The Bertz CT molecular complexity index is 885. The highest BCUT2D eigenvalue weighted by Crippen LogP contribution is 2.26. The van der Waals surface area contributed by atoms with Crippen molar-refractivity contribution in [1.29, 1.82) is 0 Å². The third kappa shape index (κ3) is 4.70. The Hall–Kier alpha value is -2.74. The predicted molar refractivity (Wildman–Crippen MR) is 114 cm³/mol. The number of hydrazone groups is 1. The van der Waals surface area contributed by atoms with Gasteiger partial charge < -0.3 is 10.2 Å². The zero-order chi connectivity index (χ0) is 21.3. The van der Waals surface area contributed by atoms with Crippen LogP contribution in [0.1, 0.15) is 36.8 Å². The van der Waals surface area contributed by atoms with E-state index >= 15 is 0 Å². The van der Waals surface area contributed by atoms with Crippen molar-refractivity contribution in [3.8, 4) is 0 Å². The van der Waals surface area contributed by atoms with E-state index in [4.69, 9.17) is 0 Å². The van der Waals surface area contributed by atoms with Gasteiger partial charge in [0, 0.05) is 45.1 Å². The molecule has 0 spiro atoms. The molecule has 0 radical (unpaired) electrons. The van der Waals surface area contributed by atoms with Crippen LogP contribution in [0.5, 0.6) is 0 Å². The molecule has 2 fully saturated rings. The lowest BCUT2D eigenvalue weighted by molar-refractivity contribution is -0.127. The molecule has 2 aliphatic heterocycles. The lowest BCUT2D eigenvalue weighted by atomic mass is 10.1. The minimum atomic E-state index is -0.111. The van der Waals surface area contributed by atoms with Crippen molar-refractivity contribution < 1.29 is 14.4 Å². The third-order valence-electron chi connectivity index (χ3n) is 5.84. The summed E-state index contributed by atoms with van der Waals surface area (Å²) in [5.74, 6) is -0.136. The molecule has 3 amide bonds. The number of rotatable bonds is 5. The molecule has 3 aliphatic rings. The Morgan fingerprint density at radius 1 is 1.10 bits per heavy atom. The normalized spacial score (nSPS) is 20.2. The van der Waals surface area contributed by atoms with Gasteiger partial charge in [0.1, 0.15) is 5.71 Å². The van der Waals surface area contributed by atoms with Gasteiger partial charge in [-0.15, -0.1) is 0 Å². The largest absolute Gasteiger partial charge is 0.352 e. The number of benzene rings is 1. The number of hydrogen-bond acceptors (Lipinski definition) is 5. The van der Waals surface area contributed by atoms with Crippen molar-refractivity contribution in [3.05, 3.63) is 29.3 Å². The number of anilines is 1. The molecule has 0 aromatic heterocycles. The van der Waals surface area contributed by atoms with Crippen LogP contribution >= 0.6 is 0 Å². The van der Waals surface area contributed by atoms with E-state index in [1.807, 2.05) is 32.0 Å². The minimum absolute atomic E-state index is 0.0663. The number of hydrogen-bond donors (Lipinski definition) is 1. The molecule has 1 saturated carbocycles. The van der Waals surface area contributed by atoms with Crippen LogP contribution in [0.15, 0.2) is 23.3 Å². The fourth-order valence-corrected chi connectivity index (χ4v) is 3.84. The Kier molecular flexibility index (Phi) is 5.85. The molecule has 1 aromatic rings. The first kappa shape index (κ1) is 20.5. The van der Waals surface area contributed by atoms with Crippen LogP contribution in [0.2, 0.25) is 0 Å². The molecular formula is C22H29N5O3. The summed E-state index contributed by atoms with van der Waals surface area (Å²) < 4.78 is 0. The van der Waals surface area contributed by atoms with E-state index in [0.29, 0.717) is 50.9 Å². The number of carbonyl (C=O) groups is 3. The molecule has 2 heterocycles. The summed E-state index contributed by atoms with van der Waals surface area (Å²) >= 11 is 0. The molecule has 1 N–H and O–H groups in total. The van der Waals surface area contributed by atoms with Gasteiger partial charge in [-0.2, -0.15) is 5.10 Å². The molecule has 1 aliphatic carbocycles. The Balaban J connectivity index is 1.38. The molecule has 160 valence electrons. The van der Waals surface area contributed by atoms with E-state index in [1.165, 1.54) is 5.01 Å². The number of aryl methyl sites for hydroxylation is 2. The van der Waals surface area contributed by atoms with E-state index in [-0.39, 0.29) is 24.1 Å². The summed E-state index contributed by atoms with van der Waals surface area (Å²) in [6.07, 6.45) is 2.80. The second-order valence-corrected chi connectivity index (χ2v) is 8.45. The molecule has 8 heteroatoms. The van der Waals surface area contributed by atoms with Crippen LogP contribution in [0.3, 0.4) is 0 Å². The summed E-state index contributed by atoms with van der Waals surface area (Å²) in [6.45, 7) is 6.74.